The van der Waals surface area contributed by atoms with Crippen LogP contribution in [0.5, 0.6) is 17.2 Å². The second-order valence-corrected chi connectivity index (χ2v) is 12.9. The van der Waals surface area contributed by atoms with Gasteiger partial charge >= 0.3 is 0 Å². The predicted molar refractivity (Wildman–Crippen MR) is 180 cm³/mol. The van der Waals surface area contributed by atoms with Gasteiger partial charge in [-0.3, -0.25) is 4.79 Å². The normalized spacial score (nSPS) is 12.0. The standard InChI is InChI=1S/C39H47NO5/c1-37(2,27-38(3,4)40-36(41)26-15-29-13-20-33(42-5)21-14-29)28-45-39(30-11-9-8-10-12-30,31-16-22-34(43-6)23-17-31)32-18-24-35(44-7)25-19-32/h8-14,16-25H,15,26-28H2,1-7H3,(H,40,41). The van der Waals surface area contributed by atoms with Gasteiger partial charge in [-0.15, -0.1) is 0 Å². The molecule has 0 saturated heterocycles. The molecular formula is C39H47NO5. The highest BCUT2D eigenvalue weighted by molar-refractivity contribution is 5.77. The summed E-state index contributed by atoms with van der Waals surface area (Å²) in [5.41, 5.74) is 2.46. The number of methoxy groups -OCH3 is 3. The Kier molecular flexibility index (Phi) is 10.9. The lowest BCUT2D eigenvalue weighted by atomic mass is 9.78. The quantitative estimate of drug-likeness (QED) is 0.139. The summed E-state index contributed by atoms with van der Waals surface area (Å²) in [5.74, 6) is 2.40. The zero-order chi connectivity index (χ0) is 32.5. The van der Waals surface area contributed by atoms with Crippen LogP contribution in [0.1, 0.15) is 62.8 Å². The van der Waals surface area contributed by atoms with Crippen molar-refractivity contribution in [3.8, 4) is 17.2 Å². The fourth-order valence-electron chi connectivity index (χ4n) is 6.16. The van der Waals surface area contributed by atoms with E-state index in [1.807, 2.05) is 66.7 Å². The van der Waals surface area contributed by atoms with Crippen molar-refractivity contribution in [2.75, 3.05) is 27.9 Å². The van der Waals surface area contributed by atoms with Crippen LogP contribution in [-0.2, 0) is 21.6 Å². The summed E-state index contributed by atoms with van der Waals surface area (Å²) in [6, 6.07) is 34.3. The first-order chi connectivity index (χ1) is 21.5. The first-order valence-electron chi connectivity index (χ1n) is 15.4. The fourth-order valence-corrected chi connectivity index (χ4v) is 6.16. The Balaban J connectivity index is 1.57. The zero-order valence-electron chi connectivity index (χ0n) is 27.7. The van der Waals surface area contributed by atoms with Gasteiger partial charge in [-0.2, -0.15) is 0 Å². The van der Waals surface area contributed by atoms with Gasteiger partial charge in [0.15, 0.2) is 0 Å². The predicted octanol–water partition coefficient (Wildman–Crippen LogP) is 7.96. The molecule has 1 N–H and O–H groups in total. The summed E-state index contributed by atoms with van der Waals surface area (Å²) >= 11 is 0. The molecule has 0 heterocycles. The third kappa shape index (κ3) is 8.67. The van der Waals surface area contributed by atoms with Crippen LogP contribution in [0.15, 0.2) is 103 Å². The van der Waals surface area contributed by atoms with Crippen molar-refractivity contribution in [3.05, 3.63) is 125 Å². The highest BCUT2D eigenvalue weighted by Crippen LogP contribution is 2.43. The molecule has 0 bridgehead atoms. The van der Waals surface area contributed by atoms with E-state index in [9.17, 15) is 4.79 Å². The van der Waals surface area contributed by atoms with E-state index < -0.39 is 11.1 Å². The van der Waals surface area contributed by atoms with E-state index in [-0.39, 0.29) is 11.3 Å². The van der Waals surface area contributed by atoms with Gasteiger partial charge in [0, 0.05) is 12.0 Å². The van der Waals surface area contributed by atoms with E-state index in [1.54, 1.807) is 21.3 Å². The SMILES string of the molecule is COc1ccc(CCC(=O)NC(C)(C)CC(C)(C)COC(c2ccccc2)(c2ccc(OC)cc2)c2ccc(OC)cc2)cc1. The van der Waals surface area contributed by atoms with Gasteiger partial charge in [-0.1, -0.05) is 80.6 Å². The van der Waals surface area contributed by atoms with Gasteiger partial charge in [0.25, 0.3) is 0 Å². The monoisotopic (exact) mass is 609 g/mol. The lowest BCUT2D eigenvalue weighted by molar-refractivity contribution is -0.123. The number of aryl methyl sites for hydroxylation is 1. The van der Waals surface area contributed by atoms with Crippen molar-refractivity contribution < 1.29 is 23.7 Å². The van der Waals surface area contributed by atoms with E-state index in [0.717, 1.165) is 39.5 Å². The number of nitrogens with one attached hydrogen (secondary N) is 1. The largest absolute Gasteiger partial charge is 0.497 e. The Bertz CT molecular complexity index is 1450. The summed E-state index contributed by atoms with van der Waals surface area (Å²) in [7, 11) is 4.99. The molecule has 0 unspecified atom stereocenters. The molecule has 0 aliphatic heterocycles. The number of rotatable bonds is 15. The van der Waals surface area contributed by atoms with E-state index >= 15 is 0 Å². The van der Waals surface area contributed by atoms with Crippen molar-refractivity contribution in [1.82, 2.24) is 5.32 Å². The summed E-state index contributed by atoms with van der Waals surface area (Å²) < 4.78 is 23.4. The van der Waals surface area contributed by atoms with Gasteiger partial charge in [-0.25, -0.2) is 0 Å². The molecule has 0 fully saturated rings. The summed E-state index contributed by atoms with van der Waals surface area (Å²) in [6.07, 6.45) is 1.80. The molecule has 0 aromatic heterocycles. The molecule has 4 rings (SSSR count). The molecule has 0 atom stereocenters. The summed E-state index contributed by atoms with van der Waals surface area (Å²) in [6.45, 7) is 8.98. The smallest absolute Gasteiger partial charge is 0.220 e. The molecular weight excluding hydrogens is 562 g/mol. The van der Waals surface area contributed by atoms with Crippen LogP contribution >= 0.6 is 0 Å². The van der Waals surface area contributed by atoms with Crippen molar-refractivity contribution in [2.24, 2.45) is 5.41 Å². The Morgan fingerprint density at radius 1 is 0.622 bits per heavy atom. The maximum atomic E-state index is 13.0. The van der Waals surface area contributed by atoms with Crippen LogP contribution < -0.4 is 19.5 Å². The second-order valence-electron chi connectivity index (χ2n) is 12.9. The number of amides is 1. The van der Waals surface area contributed by atoms with Crippen LogP contribution in [0.2, 0.25) is 0 Å². The van der Waals surface area contributed by atoms with E-state index in [1.165, 1.54) is 0 Å². The lowest BCUT2D eigenvalue weighted by Crippen LogP contribution is -2.47. The van der Waals surface area contributed by atoms with Gasteiger partial charge in [0.05, 0.1) is 27.9 Å². The minimum absolute atomic E-state index is 0.0302. The van der Waals surface area contributed by atoms with Crippen molar-refractivity contribution >= 4 is 5.91 Å². The Hall–Kier alpha value is -4.29. The number of hydrogen-bond donors (Lipinski definition) is 1. The highest BCUT2D eigenvalue weighted by atomic mass is 16.5. The summed E-state index contributed by atoms with van der Waals surface area (Å²) in [5, 5.41) is 3.28. The maximum Gasteiger partial charge on any atom is 0.220 e. The molecule has 4 aromatic carbocycles. The number of carbonyl (C=O) groups is 1. The average molecular weight is 610 g/mol. The average Bonchev–Trinajstić information content (AvgIpc) is 3.04. The van der Waals surface area contributed by atoms with Gasteiger partial charge in [-0.05, 0) is 90.8 Å². The fraction of sp³-hybridized carbons (Fsp3) is 0.359. The topological polar surface area (TPSA) is 66.0 Å². The molecule has 0 saturated carbocycles. The third-order valence-electron chi connectivity index (χ3n) is 8.05. The zero-order valence-corrected chi connectivity index (χ0v) is 27.7. The molecule has 1 amide bonds. The maximum absolute atomic E-state index is 13.0. The van der Waals surface area contributed by atoms with Crippen molar-refractivity contribution in [3.63, 3.8) is 0 Å². The minimum Gasteiger partial charge on any atom is -0.497 e. The molecule has 0 aliphatic carbocycles. The molecule has 6 heteroatoms. The van der Waals surface area contributed by atoms with Gasteiger partial charge in [0.1, 0.15) is 22.8 Å². The molecule has 0 aliphatic rings. The molecule has 6 nitrogen and oxygen atoms in total. The first kappa shape index (κ1) is 33.6. The summed E-state index contributed by atoms with van der Waals surface area (Å²) in [4.78, 5) is 13.0. The number of ether oxygens (including phenoxy) is 4. The first-order valence-corrected chi connectivity index (χ1v) is 15.4. The van der Waals surface area contributed by atoms with Crippen LogP contribution in [0, 0.1) is 5.41 Å². The molecule has 45 heavy (non-hydrogen) atoms. The lowest BCUT2D eigenvalue weighted by Gasteiger charge is -2.41. The van der Waals surface area contributed by atoms with Crippen molar-refractivity contribution in [2.45, 2.75) is 58.1 Å². The molecule has 238 valence electrons. The number of benzene rings is 4. The van der Waals surface area contributed by atoms with Crippen molar-refractivity contribution in [1.29, 1.82) is 0 Å². The van der Waals surface area contributed by atoms with Gasteiger partial charge in [0.2, 0.25) is 5.91 Å². The van der Waals surface area contributed by atoms with E-state index in [2.05, 4.69) is 69.4 Å². The number of hydrogen-bond acceptors (Lipinski definition) is 5. The Labute approximate surface area is 268 Å². The third-order valence-corrected chi connectivity index (χ3v) is 8.05. The van der Waals surface area contributed by atoms with Crippen LogP contribution in [-0.4, -0.2) is 39.4 Å². The van der Waals surface area contributed by atoms with Crippen LogP contribution in [0.3, 0.4) is 0 Å². The minimum atomic E-state index is -0.900. The molecule has 0 radical (unpaired) electrons. The molecule has 4 aromatic rings. The van der Waals surface area contributed by atoms with E-state index in [0.29, 0.717) is 25.9 Å². The van der Waals surface area contributed by atoms with Crippen LogP contribution in [0.4, 0.5) is 0 Å². The van der Waals surface area contributed by atoms with Gasteiger partial charge < -0.3 is 24.3 Å². The Morgan fingerprint density at radius 3 is 1.53 bits per heavy atom. The second kappa shape index (κ2) is 14.7. The number of carbonyl (C=O) groups excluding carboxylic acids is 1. The van der Waals surface area contributed by atoms with E-state index in [4.69, 9.17) is 18.9 Å². The molecule has 0 spiro atoms. The highest BCUT2D eigenvalue weighted by Gasteiger charge is 2.40. The van der Waals surface area contributed by atoms with Crippen LogP contribution in [0.25, 0.3) is 0 Å². The Morgan fingerprint density at radius 2 is 1.07 bits per heavy atom.